The van der Waals surface area contributed by atoms with Gasteiger partial charge in [0.15, 0.2) is 0 Å². The number of nitrogens with zero attached hydrogens (tertiary/aromatic N) is 1. The Labute approximate surface area is 112 Å². The molecule has 0 spiro atoms. The van der Waals surface area contributed by atoms with Crippen LogP contribution in [-0.2, 0) is 6.54 Å². The molecule has 0 heterocycles. The minimum absolute atomic E-state index is 1.01. The molecule has 1 heteroatoms. The van der Waals surface area contributed by atoms with Gasteiger partial charge in [-0.25, -0.2) is 0 Å². The Bertz CT molecular complexity index is 373. The Balaban J connectivity index is 2.65. The molecular formula is C17H25N. The van der Waals surface area contributed by atoms with Crippen LogP contribution in [-0.4, -0.2) is 18.0 Å². The van der Waals surface area contributed by atoms with Crippen LogP contribution in [0.1, 0.15) is 33.3 Å². The van der Waals surface area contributed by atoms with Gasteiger partial charge >= 0.3 is 0 Å². The highest BCUT2D eigenvalue weighted by Crippen LogP contribution is 2.06. The SMILES string of the molecule is CC(C)=CCN(CC=C(C)C)Cc1ccccc1. The van der Waals surface area contributed by atoms with E-state index in [1.165, 1.54) is 16.7 Å². The molecule has 1 nitrogen and oxygen atoms in total. The summed E-state index contributed by atoms with van der Waals surface area (Å²) in [6.07, 6.45) is 4.59. The van der Waals surface area contributed by atoms with E-state index in [0.717, 1.165) is 19.6 Å². The third-order valence-corrected chi connectivity index (χ3v) is 2.76. The Hall–Kier alpha value is -1.34. The number of benzene rings is 1. The molecule has 1 aromatic rings. The average Bonchev–Trinajstić information content (AvgIpc) is 2.33. The van der Waals surface area contributed by atoms with Crippen molar-refractivity contribution in [2.45, 2.75) is 34.2 Å². The minimum atomic E-state index is 1.01. The van der Waals surface area contributed by atoms with Gasteiger partial charge in [-0.05, 0) is 33.3 Å². The predicted octanol–water partition coefficient (Wildman–Crippen LogP) is 4.42. The number of rotatable bonds is 6. The summed E-state index contributed by atoms with van der Waals surface area (Å²) in [5, 5.41) is 0. The van der Waals surface area contributed by atoms with E-state index < -0.39 is 0 Å². The second-order valence-corrected chi connectivity index (χ2v) is 5.24. The summed E-state index contributed by atoms with van der Waals surface area (Å²) in [6.45, 7) is 11.7. The van der Waals surface area contributed by atoms with Gasteiger partial charge in [-0.2, -0.15) is 0 Å². The molecule has 0 aliphatic heterocycles. The zero-order valence-corrected chi connectivity index (χ0v) is 12.1. The van der Waals surface area contributed by atoms with E-state index in [9.17, 15) is 0 Å². The number of hydrogen-bond acceptors (Lipinski definition) is 1. The van der Waals surface area contributed by atoms with Gasteiger partial charge in [-0.1, -0.05) is 53.6 Å². The highest BCUT2D eigenvalue weighted by Gasteiger charge is 2.02. The van der Waals surface area contributed by atoms with Crippen LogP contribution < -0.4 is 0 Å². The molecule has 0 aromatic heterocycles. The standard InChI is InChI=1S/C17H25N/c1-15(2)10-12-18(13-11-16(3)4)14-17-8-6-5-7-9-17/h5-11H,12-14H2,1-4H3. The van der Waals surface area contributed by atoms with E-state index in [0.29, 0.717) is 0 Å². The Morgan fingerprint density at radius 3 is 1.83 bits per heavy atom. The average molecular weight is 243 g/mol. The molecule has 0 aliphatic rings. The summed E-state index contributed by atoms with van der Waals surface area (Å²) in [4.78, 5) is 2.45. The molecule has 0 radical (unpaired) electrons. The summed E-state index contributed by atoms with van der Waals surface area (Å²) in [5.74, 6) is 0. The van der Waals surface area contributed by atoms with Gasteiger partial charge in [0.05, 0.1) is 0 Å². The van der Waals surface area contributed by atoms with Gasteiger partial charge < -0.3 is 0 Å². The monoisotopic (exact) mass is 243 g/mol. The molecule has 0 aliphatic carbocycles. The van der Waals surface area contributed by atoms with E-state index >= 15 is 0 Å². The topological polar surface area (TPSA) is 3.24 Å². The van der Waals surface area contributed by atoms with Crippen molar-refractivity contribution in [3.63, 3.8) is 0 Å². The molecule has 0 atom stereocenters. The van der Waals surface area contributed by atoms with Crippen LogP contribution in [0.25, 0.3) is 0 Å². The zero-order chi connectivity index (χ0) is 13.4. The fourth-order valence-corrected chi connectivity index (χ4v) is 1.67. The van der Waals surface area contributed by atoms with Crippen LogP contribution in [0.5, 0.6) is 0 Å². The van der Waals surface area contributed by atoms with Crippen LogP contribution in [0.2, 0.25) is 0 Å². The van der Waals surface area contributed by atoms with Gasteiger partial charge in [0.2, 0.25) is 0 Å². The van der Waals surface area contributed by atoms with Crippen LogP contribution in [0.15, 0.2) is 53.6 Å². The van der Waals surface area contributed by atoms with Gasteiger partial charge in [0, 0.05) is 19.6 Å². The molecular weight excluding hydrogens is 218 g/mol. The van der Waals surface area contributed by atoms with Crippen LogP contribution in [0.4, 0.5) is 0 Å². The molecule has 0 bridgehead atoms. The van der Waals surface area contributed by atoms with Gasteiger partial charge in [-0.15, -0.1) is 0 Å². The summed E-state index contributed by atoms with van der Waals surface area (Å²) >= 11 is 0. The molecule has 18 heavy (non-hydrogen) atoms. The highest BCUT2D eigenvalue weighted by molar-refractivity contribution is 5.15. The van der Waals surface area contributed by atoms with Crippen molar-refractivity contribution in [1.82, 2.24) is 4.90 Å². The van der Waals surface area contributed by atoms with E-state index in [4.69, 9.17) is 0 Å². The van der Waals surface area contributed by atoms with E-state index in [1.807, 2.05) is 0 Å². The second kappa shape index (κ2) is 7.88. The summed E-state index contributed by atoms with van der Waals surface area (Å²) in [7, 11) is 0. The van der Waals surface area contributed by atoms with Crippen LogP contribution in [0, 0.1) is 0 Å². The molecule has 98 valence electrons. The number of allylic oxidation sites excluding steroid dienone is 2. The van der Waals surface area contributed by atoms with Crippen molar-refractivity contribution in [1.29, 1.82) is 0 Å². The maximum atomic E-state index is 2.45. The quantitative estimate of drug-likeness (QED) is 0.668. The lowest BCUT2D eigenvalue weighted by Gasteiger charge is -2.19. The van der Waals surface area contributed by atoms with Gasteiger partial charge in [-0.3, -0.25) is 4.90 Å². The smallest absolute Gasteiger partial charge is 0.0240 e. The van der Waals surface area contributed by atoms with Crippen molar-refractivity contribution in [3.8, 4) is 0 Å². The summed E-state index contributed by atoms with van der Waals surface area (Å²) in [5.41, 5.74) is 4.14. The van der Waals surface area contributed by atoms with E-state index in [1.54, 1.807) is 0 Å². The van der Waals surface area contributed by atoms with Crippen LogP contribution in [0.3, 0.4) is 0 Å². The van der Waals surface area contributed by atoms with Crippen molar-refractivity contribution in [3.05, 3.63) is 59.2 Å². The largest absolute Gasteiger partial charge is 0.292 e. The number of hydrogen-bond donors (Lipinski definition) is 0. The third-order valence-electron chi connectivity index (χ3n) is 2.76. The second-order valence-electron chi connectivity index (χ2n) is 5.24. The fraction of sp³-hybridized carbons (Fsp3) is 0.412. The lowest BCUT2D eigenvalue weighted by atomic mass is 10.2. The first-order valence-corrected chi connectivity index (χ1v) is 6.61. The highest BCUT2D eigenvalue weighted by atomic mass is 15.1. The maximum absolute atomic E-state index is 2.45. The predicted molar refractivity (Wildman–Crippen MR) is 80.6 cm³/mol. The summed E-state index contributed by atoms with van der Waals surface area (Å²) in [6, 6.07) is 10.7. The van der Waals surface area contributed by atoms with Crippen molar-refractivity contribution >= 4 is 0 Å². The Morgan fingerprint density at radius 2 is 1.39 bits per heavy atom. The lowest BCUT2D eigenvalue weighted by Crippen LogP contribution is -2.23. The molecule has 1 rings (SSSR count). The molecule has 1 aromatic carbocycles. The first-order chi connectivity index (χ1) is 8.58. The minimum Gasteiger partial charge on any atom is -0.292 e. The maximum Gasteiger partial charge on any atom is 0.0240 e. The van der Waals surface area contributed by atoms with Gasteiger partial charge in [0.1, 0.15) is 0 Å². The lowest BCUT2D eigenvalue weighted by molar-refractivity contribution is 0.326. The molecule has 0 saturated carbocycles. The van der Waals surface area contributed by atoms with Gasteiger partial charge in [0.25, 0.3) is 0 Å². The normalized spacial score (nSPS) is 10.3. The molecule has 0 N–H and O–H groups in total. The van der Waals surface area contributed by atoms with Crippen molar-refractivity contribution in [2.75, 3.05) is 13.1 Å². The first-order valence-electron chi connectivity index (χ1n) is 6.61. The van der Waals surface area contributed by atoms with Crippen molar-refractivity contribution in [2.24, 2.45) is 0 Å². The molecule has 0 amide bonds. The Kier molecular flexibility index (Phi) is 6.45. The third kappa shape index (κ3) is 6.41. The summed E-state index contributed by atoms with van der Waals surface area (Å²) < 4.78 is 0. The molecule has 0 saturated heterocycles. The molecule has 0 unspecified atom stereocenters. The zero-order valence-electron chi connectivity index (χ0n) is 12.1. The van der Waals surface area contributed by atoms with E-state index in [-0.39, 0.29) is 0 Å². The van der Waals surface area contributed by atoms with E-state index in [2.05, 4.69) is 75.1 Å². The van der Waals surface area contributed by atoms with Crippen LogP contribution >= 0.6 is 0 Å². The first kappa shape index (κ1) is 14.7. The fourth-order valence-electron chi connectivity index (χ4n) is 1.67. The Morgan fingerprint density at radius 1 is 0.889 bits per heavy atom. The van der Waals surface area contributed by atoms with Crippen molar-refractivity contribution < 1.29 is 0 Å². The molecule has 0 fully saturated rings.